The maximum absolute atomic E-state index is 12.3. The Kier molecular flexibility index (Phi) is 4.88. The van der Waals surface area contributed by atoms with Crippen LogP contribution in [-0.4, -0.2) is 13.0 Å². The van der Waals surface area contributed by atoms with Crippen molar-refractivity contribution in [3.8, 4) is 5.75 Å². The summed E-state index contributed by atoms with van der Waals surface area (Å²) in [6, 6.07) is 5.64. The number of anilines is 1. The largest absolute Gasteiger partial charge is 0.495 e. The van der Waals surface area contributed by atoms with E-state index in [0.29, 0.717) is 16.3 Å². The van der Waals surface area contributed by atoms with E-state index in [1.54, 1.807) is 7.11 Å². The van der Waals surface area contributed by atoms with Crippen molar-refractivity contribution in [3.63, 3.8) is 0 Å². The topological polar surface area (TPSA) is 38.3 Å². The Bertz CT molecular complexity index is 648. The second-order valence-corrected chi connectivity index (χ2v) is 7.61. The summed E-state index contributed by atoms with van der Waals surface area (Å²) in [6.45, 7) is 3.89. The van der Waals surface area contributed by atoms with E-state index in [4.69, 9.17) is 4.74 Å². The molecular weight excluding hydrogens is 406 g/mol. The van der Waals surface area contributed by atoms with Crippen LogP contribution in [0.1, 0.15) is 20.8 Å². The summed E-state index contributed by atoms with van der Waals surface area (Å²) in [5.41, 5.74) is 2.69. The lowest BCUT2D eigenvalue weighted by atomic mass is 10.2. The summed E-state index contributed by atoms with van der Waals surface area (Å²) >= 11 is 8.26. The number of nitrogens with one attached hydrogen (secondary N) is 1. The first-order valence-corrected chi connectivity index (χ1v) is 8.24. The Labute approximate surface area is 138 Å². The molecule has 0 saturated heterocycles. The predicted octanol–water partition coefficient (Wildman–Crippen LogP) is 5.15. The number of aryl methyl sites for hydroxylation is 2. The van der Waals surface area contributed by atoms with E-state index < -0.39 is 0 Å². The first-order valence-electron chi connectivity index (χ1n) is 5.83. The third-order valence-corrected chi connectivity index (χ3v) is 5.40. The van der Waals surface area contributed by atoms with Gasteiger partial charge in [-0.3, -0.25) is 4.79 Å². The number of methoxy groups -OCH3 is 1. The number of hydrogen-bond acceptors (Lipinski definition) is 3. The molecule has 0 saturated carbocycles. The van der Waals surface area contributed by atoms with Gasteiger partial charge in [0.15, 0.2) is 0 Å². The molecule has 1 aromatic heterocycles. The van der Waals surface area contributed by atoms with Crippen molar-refractivity contribution in [2.24, 2.45) is 0 Å². The van der Waals surface area contributed by atoms with Gasteiger partial charge in [0.1, 0.15) is 5.75 Å². The van der Waals surface area contributed by atoms with E-state index >= 15 is 0 Å². The van der Waals surface area contributed by atoms with Gasteiger partial charge in [0.2, 0.25) is 0 Å². The molecular formula is C14H13Br2NO2S. The predicted molar refractivity (Wildman–Crippen MR) is 90.1 cm³/mol. The fourth-order valence-corrected chi connectivity index (χ4v) is 3.76. The Morgan fingerprint density at radius 1 is 1.20 bits per heavy atom. The fourth-order valence-electron chi connectivity index (χ4n) is 1.78. The monoisotopic (exact) mass is 417 g/mol. The molecule has 2 rings (SSSR count). The Morgan fingerprint density at radius 3 is 2.45 bits per heavy atom. The number of hydrogen-bond donors (Lipinski definition) is 1. The number of carbonyl (C=O) groups excluding carboxylic acids is 1. The molecule has 3 nitrogen and oxygen atoms in total. The van der Waals surface area contributed by atoms with Gasteiger partial charge in [0, 0.05) is 4.47 Å². The zero-order valence-corrected chi connectivity index (χ0v) is 15.2. The number of rotatable bonds is 3. The highest BCUT2D eigenvalue weighted by atomic mass is 79.9. The molecule has 1 heterocycles. The summed E-state index contributed by atoms with van der Waals surface area (Å²) in [5, 5.41) is 2.92. The van der Waals surface area contributed by atoms with Crippen LogP contribution in [0, 0.1) is 13.8 Å². The Morgan fingerprint density at radius 2 is 1.90 bits per heavy atom. The fraction of sp³-hybridized carbons (Fsp3) is 0.214. The number of halogens is 2. The molecule has 0 aliphatic heterocycles. The number of benzene rings is 1. The molecule has 0 radical (unpaired) electrons. The summed E-state index contributed by atoms with van der Waals surface area (Å²) in [5.74, 6) is 0.505. The van der Waals surface area contributed by atoms with Crippen LogP contribution >= 0.6 is 43.2 Å². The van der Waals surface area contributed by atoms with Crippen LogP contribution in [-0.2, 0) is 0 Å². The number of carbonyl (C=O) groups is 1. The van der Waals surface area contributed by atoms with Crippen molar-refractivity contribution < 1.29 is 9.53 Å². The van der Waals surface area contributed by atoms with Crippen LogP contribution in [0.2, 0.25) is 0 Å². The maximum Gasteiger partial charge on any atom is 0.265 e. The SMILES string of the molecule is COc1cc(Br)cc(C)c1NC(=O)c1cc(C)c(Br)s1. The van der Waals surface area contributed by atoms with E-state index in [-0.39, 0.29) is 5.91 Å². The molecule has 1 aromatic carbocycles. The molecule has 0 atom stereocenters. The maximum atomic E-state index is 12.3. The van der Waals surface area contributed by atoms with Gasteiger partial charge >= 0.3 is 0 Å². The molecule has 0 spiro atoms. The van der Waals surface area contributed by atoms with Crippen LogP contribution in [0.5, 0.6) is 5.75 Å². The molecule has 20 heavy (non-hydrogen) atoms. The van der Waals surface area contributed by atoms with Gasteiger partial charge in [0.25, 0.3) is 5.91 Å². The zero-order chi connectivity index (χ0) is 14.9. The van der Waals surface area contributed by atoms with Gasteiger partial charge in [-0.2, -0.15) is 0 Å². The van der Waals surface area contributed by atoms with Crippen molar-refractivity contribution >= 4 is 54.8 Å². The molecule has 0 unspecified atom stereocenters. The normalized spacial score (nSPS) is 10.4. The van der Waals surface area contributed by atoms with Crippen LogP contribution in [0.3, 0.4) is 0 Å². The van der Waals surface area contributed by atoms with Crippen molar-refractivity contribution in [1.29, 1.82) is 0 Å². The molecule has 1 N–H and O–H groups in total. The molecule has 0 aliphatic carbocycles. The summed E-state index contributed by atoms with van der Waals surface area (Å²) in [4.78, 5) is 13.0. The molecule has 106 valence electrons. The molecule has 0 bridgehead atoms. The lowest BCUT2D eigenvalue weighted by molar-refractivity contribution is 0.103. The Hall–Kier alpha value is -0.850. The van der Waals surface area contributed by atoms with E-state index in [1.807, 2.05) is 32.0 Å². The second-order valence-electron chi connectivity index (χ2n) is 4.32. The van der Waals surface area contributed by atoms with Gasteiger partial charge in [-0.25, -0.2) is 0 Å². The summed E-state index contributed by atoms with van der Waals surface area (Å²) in [6.07, 6.45) is 0. The minimum Gasteiger partial charge on any atom is -0.495 e. The smallest absolute Gasteiger partial charge is 0.265 e. The van der Waals surface area contributed by atoms with Crippen LogP contribution in [0.25, 0.3) is 0 Å². The highest BCUT2D eigenvalue weighted by Crippen LogP contribution is 2.33. The van der Waals surface area contributed by atoms with Gasteiger partial charge in [-0.1, -0.05) is 15.9 Å². The van der Waals surface area contributed by atoms with Crippen LogP contribution in [0.4, 0.5) is 5.69 Å². The quantitative estimate of drug-likeness (QED) is 0.748. The lowest BCUT2D eigenvalue weighted by Crippen LogP contribution is -2.12. The van der Waals surface area contributed by atoms with Crippen LogP contribution in [0.15, 0.2) is 26.5 Å². The molecule has 6 heteroatoms. The first kappa shape index (κ1) is 15.5. The van der Waals surface area contributed by atoms with Gasteiger partial charge in [-0.15, -0.1) is 11.3 Å². The molecule has 1 amide bonds. The van der Waals surface area contributed by atoms with Crippen molar-refractivity contribution in [2.45, 2.75) is 13.8 Å². The van der Waals surface area contributed by atoms with Crippen molar-refractivity contribution in [2.75, 3.05) is 12.4 Å². The van der Waals surface area contributed by atoms with Gasteiger partial charge < -0.3 is 10.1 Å². The first-order chi connectivity index (χ1) is 9.42. The van der Waals surface area contributed by atoms with Crippen LogP contribution < -0.4 is 10.1 Å². The second kappa shape index (κ2) is 6.28. The van der Waals surface area contributed by atoms with Crippen molar-refractivity contribution in [1.82, 2.24) is 0 Å². The average molecular weight is 419 g/mol. The van der Waals surface area contributed by atoms with E-state index in [0.717, 1.165) is 19.4 Å². The number of thiophene rings is 1. The van der Waals surface area contributed by atoms with E-state index in [1.165, 1.54) is 11.3 Å². The average Bonchev–Trinajstić information content (AvgIpc) is 2.72. The summed E-state index contributed by atoms with van der Waals surface area (Å²) < 4.78 is 7.21. The van der Waals surface area contributed by atoms with Gasteiger partial charge in [-0.05, 0) is 59.1 Å². The van der Waals surface area contributed by atoms with Gasteiger partial charge in [0.05, 0.1) is 21.5 Å². The van der Waals surface area contributed by atoms with E-state index in [9.17, 15) is 4.79 Å². The van der Waals surface area contributed by atoms with E-state index in [2.05, 4.69) is 37.2 Å². The highest BCUT2D eigenvalue weighted by Gasteiger charge is 2.15. The minimum absolute atomic E-state index is 0.132. The lowest BCUT2D eigenvalue weighted by Gasteiger charge is -2.13. The molecule has 0 aliphatic rings. The number of amides is 1. The minimum atomic E-state index is -0.132. The zero-order valence-electron chi connectivity index (χ0n) is 11.2. The molecule has 2 aromatic rings. The molecule has 0 fully saturated rings. The third kappa shape index (κ3) is 3.24. The number of ether oxygens (including phenoxy) is 1. The third-order valence-electron chi connectivity index (χ3n) is 2.80. The summed E-state index contributed by atoms with van der Waals surface area (Å²) in [7, 11) is 1.59. The van der Waals surface area contributed by atoms with Crippen molar-refractivity contribution in [3.05, 3.63) is 42.5 Å². The standard InChI is InChI=1S/C14H13Br2NO2S/c1-7-4-9(15)6-10(19-3)12(7)17-14(18)11-5-8(2)13(16)20-11/h4-6H,1-3H3,(H,17,18). The highest BCUT2D eigenvalue weighted by molar-refractivity contribution is 9.11. The Balaban J connectivity index is 2.32.